The Hall–Kier alpha value is -1.46. The lowest BCUT2D eigenvalue weighted by molar-refractivity contribution is -0.540. The van der Waals surface area contributed by atoms with Gasteiger partial charge in [-0.15, -0.1) is 0 Å². The van der Waals surface area contributed by atoms with Crippen molar-refractivity contribution in [2.75, 3.05) is 0 Å². The maximum atomic E-state index is 6.23. The predicted molar refractivity (Wildman–Crippen MR) is 92.5 cm³/mol. The molecule has 2 rings (SSSR count). The number of benzene rings is 1. The molecule has 0 radical (unpaired) electrons. The summed E-state index contributed by atoms with van der Waals surface area (Å²) >= 11 is 6.00. The SMILES string of the molecule is CCCCCC1(CC)N=C(N)NC(N)=[N+]1c1ccc(Cl)cc1.[Cl-]. The van der Waals surface area contributed by atoms with Crippen LogP contribution in [0.2, 0.25) is 5.02 Å². The largest absolute Gasteiger partial charge is 1.00 e. The van der Waals surface area contributed by atoms with E-state index in [-0.39, 0.29) is 12.4 Å². The molecule has 0 amide bonds. The van der Waals surface area contributed by atoms with Crippen molar-refractivity contribution in [2.24, 2.45) is 16.5 Å². The van der Waals surface area contributed by atoms with Crippen molar-refractivity contribution in [3.8, 4) is 0 Å². The van der Waals surface area contributed by atoms with Crippen LogP contribution in [0, 0.1) is 0 Å². The molecular weight excluding hydrogens is 333 g/mol. The lowest BCUT2D eigenvalue weighted by atomic mass is 9.97. The molecule has 0 fully saturated rings. The van der Waals surface area contributed by atoms with Crippen molar-refractivity contribution in [3.05, 3.63) is 29.3 Å². The summed E-state index contributed by atoms with van der Waals surface area (Å²) in [4.78, 5) is 4.71. The summed E-state index contributed by atoms with van der Waals surface area (Å²) in [7, 11) is 0. The second kappa shape index (κ2) is 8.41. The third-order valence-corrected chi connectivity index (χ3v) is 4.33. The van der Waals surface area contributed by atoms with E-state index in [1.54, 1.807) is 0 Å². The molecule has 1 heterocycles. The Kier molecular flexibility index (Phi) is 7.16. The minimum atomic E-state index is -0.442. The molecule has 1 aromatic carbocycles. The molecule has 0 saturated carbocycles. The Labute approximate surface area is 149 Å². The molecule has 0 aliphatic carbocycles. The fraction of sp³-hybridized carbons (Fsp3) is 0.500. The first-order valence-corrected chi connectivity index (χ1v) is 8.21. The number of nitrogens with zero attached hydrogens (tertiary/aromatic N) is 2. The molecule has 23 heavy (non-hydrogen) atoms. The topological polar surface area (TPSA) is 79.4 Å². The van der Waals surface area contributed by atoms with Gasteiger partial charge in [0, 0.05) is 17.9 Å². The highest BCUT2D eigenvalue weighted by atomic mass is 35.5. The Balaban J connectivity index is 0.00000264. The zero-order valence-corrected chi connectivity index (χ0v) is 15.2. The Morgan fingerprint density at radius 1 is 1.17 bits per heavy atom. The summed E-state index contributed by atoms with van der Waals surface area (Å²) in [5.41, 5.74) is 12.7. The normalized spacial score (nSPS) is 20.6. The highest BCUT2D eigenvalue weighted by Gasteiger charge is 2.40. The summed E-state index contributed by atoms with van der Waals surface area (Å²) in [6.45, 7) is 4.31. The van der Waals surface area contributed by atoms with Crippen LogP contribution >= 0.6 is 11.6 Å². The second-order valence-electron chi connectivity index (χ2n) is 5.61. The average Bonchev–Trinajstić information content (AvgIpc) is 2.48. The molecule has 1 aliphatic heterocycles. The Bertz CT molecular complexity index is 583. The smallest absolute Gasteiger partial charge is 0.357 e. The van der Waals surface area contributed by atoms with Gasteiger partial charge in [0.2, 0.25) is 0 Å². The standard InChI is InChI=1S/C16H24ClN5.ClH/c1-3-5-6-11-16(4-2)21-14(18)20-15(19)22(16)13-9-7-12(17)8-10-13;/h7-10H,3-6,11H2,1-2H3,(H4,18,19,20,21);1H. The Morgan fingerprint density at radius 3 is 2.39 bits per heavy atom. The lowest BCUT2D eigenvalue weighted by Crippen LogP contribution is -3.00. The van der Waals surface area contributed by atoms with Gasteiger partial charge in [-0.25, -0.2) is 9.89 Å². The quantitative estimate of drug-likeness (QED) is 0.491. The number of rotatable bonds is 6. The molecule has 1 aliphatic rings. The molecule has 1 aromatic rings. The van der Waals surface area contributed by atoms with Gasteiger partial charge in [0.1, 0.15) is 5.69 Å². The number of hydrogen-bond donors (Lipinski definition) is 3. The second-order valence-corrected chi connectivity index (χ2v) is 6.05. The van der Waals surface area contributed by atoms with E-state index in [1.807, 2.05) is 28.8 Å². The third-order valence-electron chi connectivity index (χ3n) is 4.07. The van der Waals surface area contributed by atoms with E-state index in [0.29, 0.717) is 16.9 Å². The van der Waals surface area contributed by atoms with Gasteiger partial charge in [0.25, 0.3) is 5.96 Å². The van der Waals surface area contributed by atoms with Gasteiger partial charge in [-0.2, -0.15) is 4.99 Å². The van der Waals surface area contributed by atoms with E-state index in [0.717, 1.165) is 31.4 Å². The van der Waals surface area contributed by atoms with E-state index in [2.05, 4.69) is 19.2 Å². The highest BCUT2D eigenvalue weighted by molar-refractivity contribution is 6.30. The van der Waals surface area contributed by atoms with Crippen molar-refractivity contribution in [2.45, 2.75) is 51.6 Å². The van der Waals surface area contributed by atoms with Crippen molar-refractivity contribution in [3.63, 3.8) is 0 Å². The lowest BCUT2D eigenvalue weighted by Gasteiger charge is -2.34. The molecule has 1 unspecified atom stereocenters. The zero-order chi connectivity index (χ0) is 16.2. The Morgan fingerprint density at radius 2 is 1.83 bits per heavy atom. The third kappa shape index (κ3) is 4.30. The van der Waals surface area contributed by atoms with Crippen LogP contribution < -0.4 is 29.2 Å². The minimum absolute atomic E-state index is 0. The number of halogens is 2. The summed E-state index contributed by atoms with van der Waals surface area (Å²) in [6.07, 6.45) is 5.14. The number of nitrogens with one attached hydrogen (secondary N) is 1. The van der Waals surface area contributed by atoms with Crippen molar-refractivity contribution < 1.29 is 17.0 Å². The van der Waals surface area contributed by atoms with Crippen LogP contribution in [0.4, 0.5) is 5.69 Å². The molecule has 128 valence electrons. The van der Waals surface area contributed by atoms with Gasteiger partial charge >= 0.3 is 5.96 Å². The summed E-state index contributed by atoms with van der Waals surface area (Å²) in [5.74, 6) is 0.884. The van der Waals surface area contributed by atoms with E-state index >= 15 is 0 Å². The molecule has 1 atom stereocenters. The van der Waals surface area contributed by atoms with Gasteiger partial charge in [-0.05, 0) is 30.7 Å². The summed E-state index contributed by atoms with van der Waals surface area (Å²) in [6, 6.07) is 7.63. The number of unbranched alkanes of at least 4 members (excludes halogenated alkanes) is 2. The molecule has 5 nitrogen and oxygen atoms in total. The predicted octanol–water partition coefficient (Wildman–Crippen LogP) is -0.0928. The van der Waals surface area contributed by atoms with E-state index in [9.17, 15) is 0 Å². The fourth-order valence-electron chi connectivity index (χ4n) is 2.92. The first-order valence-electron chi connectivity index (χ1n) is 7.83. The van der Waals surface area contributed by atoms with Crippen LogP contribution in [0.3, 0.4) is 0 Å². The van der Waals surface area contributed by atoms with Crippen molar-refractivity contribution in [1.82, 2.24) is 5.32 Å². The van der Waals surface area contributed by atoms with Crippen LogP contribution in [0.1, 0.15) is 46.0 Å². The van der Waals surface area contributed by atoms with Crippen LogP contribution in [0.5, 0.6) is 0 Å². The van der Waals surface area contributed by atoms with E-state index in [4.69, 9.17) is 28.1 Å². The molecule has 0 aromatic heterocycles. The van der Waals surface area contributed by atoms with Gasteiger partial charge in [-0.3, -0.25) is 5.73 Å². The van der Waals surface area contributed by atoms with Gasteiger partial charge < -0.3 is 18.1 Å². The number of hydrogen-bond acceptors (Lipinski definition) is 4. The van der Waals surface area contributed by atoms with E-state index < -0.39 is 5.66 Å². The molecule has 0 saturated heterocycles. The maximum absolute atomic E-state index is 6.23. The van der Waals surface area contributed by atoms with E-state index in [1.165, 1.54) is 6.42 Å². The van der Waals surface area contributed by atoms with Gasteiger partial charge in [-0.1, -0.05) is 38.3 Å². The fourth-order valence-corrected chi connectivity index (χ4v) is 3.05. The van der Waals surface area contributed by atoms with Crippen LogP contribution in [-0.4, -0.2) is 22.2 Å². The van der Waals surface area contributed by atoms with Crippen LogP contribution in [-0.2, 0) is 0 Å². The zero-order valence-electron chi connectivity index (χ0n) is 13.6. The first kappa shape index (κ1) is 19.6. The molecule has 0 bridgehead atoms. The molecular formula is C16H25Cl2N5. The van der Waals surface area contributed by atoms with Crippen molar-refractivity contribution in [1.29, 1.82) is 0 Å². The summed E-state index contributed by atoms with van der Waals surface area (Å²) < 4.78 is 2.04. The van der Waals surface area contributed by atoms with Gasteiger partial charge in [0.05, 0.1) is 0 Å². The maximum Gasteiger partial charge on any atom is 0.357 e. The highest BCUT2D eigenvalue weighted by Crippen LogP contribution is 2.33. The van der Waals surface area contributed by atoms with Crippen LogP contribution in [0.15, 0.2) is 29.3 Å². The van der Waals surface area contributed by atoms with Crippen LogP contribution in [0.25, 0.3) is 0 Å². The average molecular weight is 358 g/mol. The number of guanidine groups is 2. The van der Waals surface area contributed by atoms with Gasteiger partial charge in [0.15, 0.2) is 5.66 Å². The summed E-state index contributed by atoms with van der Waals surface area (Å²) in [5, 5.41) is 3.63. The first-order chi connectivity index (χ1) is 10.5. The molecule has 0 spiro atoms. The monoisotopic (exact) mass is 357 g/mol. The number of nitrogens with two attached hydrogens (primary N) is 2. The van der Waals surface area contributed by atoms with Crippen molar-refractivity contribution >= 4 is 29.2 Å². The molecule has 7 heteroatoms. The number of aliphatic imine (C=N–C) groups is 1. The molecule has 5 N–H and O–H groups in total. The minimum Gasteiger partial charge on any atom is -1.00 e.